The van der Waals surface area contributed by atoms with Crippen molar-refractivity contribution < 1.29 is 5.11 Å². The molecule has 96 valence electrons. The van der Waals surface area contributed by atoms with Gasteiger partial charge in [0.25, 0.3) is 0 Å². The molecule has 0 radical (unpaired) electrons. The summed E-state index contributed by atoms with van der Waals surface area (Å²) < 4.78 is 1.92. The fraction of sp³-hybridized carbons (Fsp3) is 0.769. The maximum atomic E-state index is 10.9. The van der Waals surface area contributed by atoms with E-state index in [4.69, 9.17) is 0 Å². The number of aromatic nitrogens is 2. The summed E-state index contributed by atoms with van der Waals surface area (Å²) >= 11 is 1.86. The Kier molecular flexibility index (Phi) is 3.55. The van der Waals surface area contributed by atoms with E-state index in [2.05, 4.69) is 25.9 Å². The molecule has 1 aromatic rings. The highest BCUT2D eigenvalue weighted by Gasteiger charge is 2.45. The SMILES string of the molecule is CCn1cc(CC2(O)CSCCC2(C)C)cn1. The first-order valence-electron chi connectivity index (χ1n) is 6.28. The van der Waals surface area contributed by atoms with Crippen LogP contribution in [0, 0.1) is 5.41 Å². The summed E-state index contributed by atoms with van der Waals surface area (Å²) in [5, 5.41) is 15.2. The first-order valence-corrected chi connectivity index (χ1v) is 7.44. The van der Waals surface area contributed by atoms with Gasteiger partial charge in [-0.1, -0.05) is 13.8 Å². The standard InChI is InChI=1S/C13H22N2OS/c1-4-15-9-11(8-14-15)7-13(16)10-17-6-5-12(13,2)3/h8-9,16H,4-7,10H2,1-3H3. The maximum Gasteiger partial charge on any atom is 0.0829 e. The lowest BCUT2D eigenvalue weighted by molar-refractivity contribution is -0.0513. The van der Waals surface area contributed by atoms with Gasteiger partial charge in [-0.2, -0.15) is 16.9 Å². The molecule has 0 aromatic carbocycles. The lowest BCUT2D eigenvalue weighted by atomic mass is 9.71. The molecule has 0 spiro atoms. The Hall–Kier alpha value is -0.480. The molecule has 1 fully saturated rings. The van der Waals surface area contributed by atoms with Crippen molar-refractivity contribution in [1.29, 1.82) is 0 Å². The fourth-order valence-electron chi connectivity index (χ4n) is 2.29. The largest absolute Gasteiger partial charge is 0.388 e. The highest BCUT2D eigenvalue weighted by molar-refractivity contribution is 7.99. The number of aryl methyl sites for hydroxylation is 1. The number of rotatable bonds is 3. The molecule has 0 amide bonds. The van der Waals surface area contributed by atoms with Gasteiger partial charge in [-0.15, -0.1) is 0 Å². The third kappa shape index (κ3) is 2.52. The molecule has 1 saturated heterocycles. The average Bonchev–Trinajstić information content (AvgIpc) is 2.70. The van der Waals surface area contributed by atoms with E-state index in [1.165, 1.54) is 0 Å². The minimum atomic E-state index is -0.600. The first kappa shape index (κ1) is 13.0. The van der Waals surface area contributed by atoms with Gasteiger partial charge in [-0.05, 0) is 30.1 Å². The molecule has 0 saturated carbocycles. The van der Waals surface area contributed by atoms with Crippen LogP contribution in [0.1, 0.15) is 32.8 Å². The van der Waals surface area contributed by atoms with Gasteiger partial charge in [0.15, 0.2) is 0 Å². The van der Waals surface area contributed by atoms with Crippen LogP contribution >= 0.6 is 11.8 Å². The summed E-state index contributed by atoms with van der Waals surface area (Å²) in [6.07, 6.45) is 5.73. The van der Waals surface area contributed by atoms with Crippen LogP contribution in [0.15, 0.2) is 12.4 Å². The van der Waals surface area contributed by atoms with Crippen LogP contribution in [0.2, 0.25) is 0 Å². The molecule has 2 rings (SSSR count). The highest BCUT2D eigenvalue weighted by atomic mass is 32.2. The molecule has 17 heavy (non-hydrogen) atoms. The first-order chi connectivity index (χ1) is 7.97. The van der Waals surface area contributed by atoms with Crippen LogP contribution in [0.4, 0.5) is 0 Å². The molecular weight excluding hydrogens is 232 g/mol. The molecule has 1 aliphatic rings. The summed E-state index contributed by atoms with van der Waals surface area (Å²) in [5.74, 6) is 1.99. The molecule has 1 N–H and O–H groups in total. The van der Waals surface area contributed by atoms with Gasteiger partial charge in [-0.3, -0.25) is 4.68 Å². The Balaban J connectivity index is 2.15. The zero-order valence-corrected chi connectivity index (χ0v) is 11.8. The van der Waals surface area contributed by atoms with E-state index in [1.54, 1.807) is 0 Å². The summed E-state index contributed by atoms with van der Waals surface area (Å²) in [6, 6.07) is 0. The monoisotopic (exact) mass is 254 g/mol. The van der Waals surface area contributed by atoms with Crippen LogP contribution in [0.25, 0.3) is 0 Å². The van der Waals surface area contributed by atoms with Crippen molar-refractivity contribution in [3.63, 3.8) is 0 Å². The number of aliphatic hydroxyl groups is 1. The lowest BCUT2D eigenvalue weighted by Crippen LogP contribution is -2.51. The molecule has 1 aliphatic heterocycles. The van der Waals surface area contributed by atoms with Crippen molar-refractivity contribution in [2.45, 2.75) is 45.8 Å². The van der Waals surface area contributed by atoms with Crippen molar-refractivity contribution >= 4 is 11.8 Å². The minimum absolute atomic E-state index is 0.00738. The normalized spacial score (nSPS) is 28.2. The summed E-state index contributed by atoms with van der Waals surface area (Å²) in [6.45, 7) is 7.32. The summed E-state index contributed by atoms with van der Waals surface area (Å²) in [5.41, 5.74) is 0.536. The lowest BCUT2D eigenvalue weighted by Gasteiger charge is -2.46. The van der Waals surface area contributed by atoms with Crippen LogP contribution < -0.4 is 0 Å². The molecule has 4 heteroatoms. The molecule has 3 nitrogen and oxygen atoms in total. The fourth-order valence-corrected chi connectivity index (χ4v) is 3.92. The second-order valence-corrected chi connectivity index (χ2v) is 6.70. The van der Waals surface area contributed by atoms with Gasteiger partial charge in [0.1, 0.15) is 0 Å². The smallest absolute Gasteiger partial charge is 0.0829 e. The average molecular weight is 254 g/mol. The molecule has 0 bridgehead atoms. The van der Waals surface area contributed by atoms with Crippen LogP contribution in [0.5, 0.6) is 0 Å². The predicted octanol–water partition coefficient (Wildman–Crippen LogP) is 2.34. The highest BCUT2D eigenvalue weighted by Crippen LogP contribution is 2.43. The second kappa shape index (κ2) is 4.65. The maximum absolute atomic E-state index is 10.9. The third-order valence-corrected chi connectivity index (χ3v) is 5.15. The molecule has 2 heterocycles. The number of nitrogens with zero attached hydrogens (tertiary/aromatic N) is 2. The van der Waals surface area contributed by atoms with E-state index < -0.39 is 5.60 Å². The van der Waals surface area contributed by atoms with E-state index in [0.717, 1.165) is 30.0 Å². The predicted molar refractivity (Wildman–Crippen MR) is 72.3 cm³/mol. The van der Waals surface area contributed by atoms with E-state index >= 15 is 0 Å². The molecule has 1 atom stereocenters. The minimum Gasteiger partial charge on any atom is -0.388 e. The van der Waals surface area contributed by atoms with E-state index in [9.17, 15) is 5.11 Å². The zero-order valence-electron chi connectivity index (χ0n) is 10.9. The Bertz CT molecular complexity index is 389. The second-order valence-electron chi connectivity index (χ2n) is 5.60. The van der Waals surface area contributed by atoms with Gasteiger partial charge < -0.3 is 5.11 Å². The third-order valence-electron chi connectivity index (χ3n) is 3.98. The summed E-state index contributed by atoms with van der Waals surface area (Å²) in [7, 11) is 0. The number of thioether (sulfide) groups is 1. The van der Waals surface area contributed by atoms with Gasteiger partial charge in [0.05, 0.1) is 11.8 Å². The van der Waals surface area contributed by atoms with Gasteiger partial charge >= 0.3 is 0 Å². The Morgan fingerprint density at radius 3 is 2.88 bits per heavy atom. The quantitative estimate of drug-likeness (QED) is 0.899. The van der Waals surface area contributed by atoms with Crippen molar-refractivity contribution in [3.8, 4) is 0 Å². The van der Waals surface area contributed by atoms with Gasteiger partial charge in [-0.25, -0.2) is 0 Å². The van der Waals surface area contributed by atoms with Gasteiger partial charge in [0, 0.05) is 24.9 Å². The molecular formula is C13H22N2OS. The van der Waals surface area contributed by atoms with E-state index in [-0.39, 0.29) is 5.41 Å². The molecule has 1 aromatic heterocycles. The zero-order chi connectivity index (χ0) is 12.5. The van der Waals surface area contributed by atoms with Crippen molar-refractivity contribution in [2.75, 3.05) is 11.5 Å². The Morgan fingerprint density at radius 2 is 2.29 bits per heavy atom. The molecule has 1 unspecified atom stereocenters. The van der Waals surface area contributed by atoms with Crippen LogP contribution in [-0.4, -0.2) is 32.0 Å². The number of hydrogen-bond donors (Lipinski definition) is 1. The van der Waals surface area contributed by atoms with Gasteiger partial charge in [0.2, 0.25) is 0 Å². The van der Waals surface area contributed by atoms with Crippen molar-refractivity contribution in [3.05, 3.63) is 18.0 Å². The van der Waals surface area contributed by atoms with Crippen LogP contribution in [0.3, 0.4) is 0 Å². The topological polar surface area (TPSA) is 38.0 Å². The van der Waals surface area contributed by atoms with Crippen molar-refractivity contribution in [1.82, 2.24) is 9.78 Å². The van der Waals surface area contributed by atoms with E-state index in [0.29, 0.717) is 6.42 Å². The Morgan fingerprint density at radius 1 is 1.53 bits per heavy atom. The summed E-state index contributed by atoms with van der Waals surface area (Å²) in [4.78, 5) is 0. The Labute approximate surface area is 108 Å². The molecule has 0 aliphatic carbocycles. The van der Waals surface area contributed by atoms with E-state index in [1.807, 2.05) is 28.8 Å². The van der Waals surface area contributed by atoms with Crippen LogP contribution in [-0.2, 0) is 13.0 Å². The number of hydrogen-bond acceptors (Lipinski definition) is 3. The van der Waals surface area contributed by atoms with Crippen molar-refractivity contribution in [2.24, 2.45) is 5.41 Å².